The molecule has 0 aliphatic carbocycles. The topological polar surface area (TPSA) is 150 Å². The van der Waals surface area contributed by atoms with Crippen LogP contribution in [0.3, 0.4) is 0 Å². The summed E-state index contributed by atoms with van der Waals surface area (Å²) in [7, 11) is 1.56. The van der Waals surface area contributed by atoms with Crippen LogP contribution in [-0.4, -0.2) is 59.8 Å². The van der Waals surface area contributed by atoms with Crippen molar-refractivity contribution in [3.63, 3.8) is 0 Å². The molecule has 234 valence electrons. The summed E-state index contributed by atoms with van der Waals surface area (Å²) in [6.45, 7) is 3.51. The Morgan fingerprint density at radius 2 is 1.82 bits per heavy atom. The number of H-pyrrole nitrogens is 1. The van der Waals surface area contributed by atoms with Crippen LogP contribution in [0.2, 0.25) is 0 Å². The molecule has 0 aliphatic heterocycles. The Morgan fingerprint density at radius 1 is 0.978 bits per heavy atom. The number of anilines is 1. The number of halogens is 1. The quantitative estimate of drug-likeness (QED) is 0.157. The van der Waals surface area contributed by atoms with E-state index in [4.69, 9.17) is 4.74 Å². The highest BCUT2D eigenvalue weighted by atomic mass is 19.1. The van der Waals surface area contributed by atoms with Gasteiger partial charge in [0.1, 0.15) is 17.2 Å². The molecule has 1 amide bonds. The number of imidazole rings is 1. The molecule has 14 heteroatoms. The number of aromatic nitrogens is 7. The highest BCUT2D eigenvalue weighted by Gasteiger charge is 2.21. The van der Waals surface area contributed by atoms with E-state index in [2.05, 4.69) is 19.9 Å². The Kier molecular flexibility index (Phi) is 9.73. The van der Waals surface area contributed by atoms with Gasteiger partial charge >= 0.3 is 5.69 Å². The first-order valence-electron chi connectivity index (χ1n) is 14.6. The Bertz CT molecular complexity index is 1960. The van der Waals surface area contributed by atoms with Gasteiger partial charge in [-0.3, -0.25) is 28.4 Å². The highest BCUT2D eigenvalue weighted by Crippen LogP contribution is 2.22. The number of fused-ring (bicyclic) bond motifs is 1. The lowest BCUT2D eigenvalue weighted by atomic mass is 10.2. The second-order valence-corrected chi connectivity index (χ2v) is 10.3. The number of aromatic amines is 1. The van der Waals surface area contributed by atoms with Gasteiger partial charge in [0.15, 0.2) is 5.65 Å². The second-order valence-electron chi connectivity index (χ2n) is 10.3. The van der Waals surface area contributed by atoms with E-state index < -0.39 is 23.1 Å². The van der Waals surface area contributed by atoms with E-state index in [0.717, 1.165) is 12.3 Å². The highest BCUT2D eigenvalue weighted by molar-refractivity contribution is 6.05. The van der Waals surface area contributed by atoms with E-state index in [-0.39, 0.29) is 35.4 Å². The van der Waals surface area contributed by atoms with Gasteiger partial charge in [0, 0.05) is 70.1 Å². The van der Waals surface area contributed by atoms with Crippen LogP contribution in [-0.2, 0) is 24.4 Å². The zero-order chi connectivity index (χ0) is 31.9. The Morgan fingerprint density at radius 3 is 2.51 bits per heavy atom. The van der Waals surface area contributed by atoms with Gasteiger partial charge in [-0.05, 0) is 49.6 Å². The fraction of sp³-hybridized carbons (Fsp3) is 0.323. The normalized spacial score (nSPS) is 11.3. The lowest BCUT2D eigenvalue weighted by molar-refractivity contribution is 0.0985. The molecule has 0 bridgehead atoms. The molecule has 5 heterocycles. The zero-order valence-corrected chi connectivity index (χ0v) is 25.0. The molecule has 45 heavy (non-hydrogen) atoms. The molecular formula is C31H33FN8O5. The third kappa shape index (κ3) is 6.80. The minimum Gasteiger partial charge on any atom is -0.385 e. The van der Waals surface area contributed by atoms with Crippen LogP contribution in [0.25, 0.3) is 22.6 Å². The van der Waals surface area contributed by atoms with Crippen molar-refractivity contribution in [2.45, 2.75) is 45.8 Å². The number of hydrogen-bond donors (Lipinski definition) is 1. The van der Waals surface area contributed by atoms with Crippen molar-refractivity contribution in [2.24, 2.45) is 0 Å². The van der Waals surface area contributed by atoms with Crippen molar-refractivity contribution >= 4 is 22.9 Å². The first kappa shape index (κ1) is 31.2. The van der Waals surface area contributed by atoms with Gasteiger partial charge < -0.3 is 14.3 Å². The molecule has 5 rings (SSSR count). The number of hydrogen-bond acceptors (Lipinski definition) is 8. The molecule has 13 nitrogen and oxygen atoms in total. The molecule has 0 saturated carbocycles. The third-order valence-electron chi connectivity index (χ3n) is 7.24. The maximum Gasteiger partial charge on any atom is 0.332 e. The van der Waals surface area contributed by atoms with Crippen LogP contribution >= 0.6 is 0 Å². The summed E-state index contributed by atoms with van der Waals surface area (Å²) >= 11 is 0. The maximum atomic E-state index is 13.5. The number of ether oxygens (including phenoxy) is 1. The molecular weight excluding hydrogens is 583 g/mol. The average Bonchev–Trinajstić information content (AvgIpc) is 3.50. The smallest absolute Gasteiger partial charge is 0.332 e. The van der Waals surface area contributed by atoms with Crippen LogP contribution < -0.4 is 21.7 Å². The lowest BCUT2D eigenvalue weighted by Crippen LogP contribution is -2.40. The van der Waals surface area contributed by atoms with Gasteiger partial charge in [-0.25, -0.2) is 19.7 Å². The number of rotatable bonds is 13. The Balaban J connectivity index is 1.46. The minimum atomic E-state index is -0.707. The maximum absolute atomic E-state index is 13.5. The number of carbonyl (C=O) groups is 1. The molecule has 0 aromatic carbocycles. The van der Waals surface area contributed by atoms with E-state index in [1.54, 1.807) is 42.1 Å². The Labute approximate surface area is 256 Å². The number of methoxy groups -OCH3 is 1. The number of nitrogens with zero attached hydrogens (tertiary/aromatic N) is 7. The van der Waals surface area contributed by atoms with Crippen molar-refractivity contribution in [1.29, 1.82) is 0 Å². The van der Waals surface area contributed by atoms with Gasteiger partial charge in [0.2, 0.25) is 11.5 Å². The predicted octanol–water partition coefficient (Wildman–Crippen LogP) is 2.83. The number of pyridine rings is 3. The van der Waals surface area contributed by atoms with Gasteiger partial charge in [0.25, 0.3) is 11.5 Å². The molecule has 0 aliphatic rings. The summed E-state index contributed by atoms with van der Waals surface area (Å²) in [4.78, 5) is 69.3. The van der Waals surface area contributed by atoms with E-state index in [1.165, 1.54) is 32.4 Å². The summed E-state index contributed by atoms with van der Waals surface area (Å²) in [6, 6.07) is 10.7. The minimum absolute atomic E-state index is 0.155. The number of aryl methyl sites for hydroxylation is 2. The number of amides is 1. The van der Waals surface area contributed by atoms with Crippen molar-refractivity contribution in [2.75, 3.05) is 25.2 Å². The average molecular weight is 617 g/mol. The lowest BCUT2D eigenvalue weighted by Gasteiger charge is -2.22. The van der Waals surface area contributed by atoms with Crippen molar-refractivity contribution in [3.05, 3.63) is 104 Å². The van der Waals surface area contributed by atoms with Crippen molar-refractivity contribution in [3.8, 4) is 11.4 Å². The molecule has 0 saturated heterocycles. The van der Waals surface area contributed by atoms with Crippen LogP contribution in [0.5, 0.6) is 0 Å². The van der Waals surface area contributed by atoms with Crippen LogP contribution in [0.4, 0.5) is 10.2 Å². The van der Waals surface area contributed by atoms with Gasteiger partial charge in [0.05, 0.1) is 5.56 Å². The summed E-state index contributed by atoms with van der Waals surface area (Å²) in [5, 5.41) is 0. The van der Waals surface area contributed by atoms with Crippen LogP contribution in [0.1, 0.15) is 36.5 Å². The van der Waals surface area contributed by atoms with Crippen molar-refractivity contribution in [1.82, 2.24) is 33.6 Å². The summed E-state index contributed by atoms with van der Waals surface area (Å²) in [6.07, 6.45) is 5.94. The standard InChI is InChI=1S/C31H33FN8O5/c1-3-13-39-28-26(30(43)40(31(39)44)17-7-18-45-2)35-27(36-28)21-10-12-24(34-19-21)38(29(42)22-9-11-23(32)33-20-22)16-6-15-37-14-5-4-8-25(37)41/h4-5,8-12,14,19-20H,3,6-7,13,15-18H2,1-2H3,(H,35,36). The van der Waals surface area contributed by atoms with Gasteiger partial charge in [-0.1, -0.05) is 13.0 Å². The Hall–Kier alpha value is -5.24. The largest absolute Gasteiger partial charge is 0.385 e. The zero-order valence-electron chi connectivity index (χ0n) is 25.0. The first-order chi connectivity index (χ1) is 21.8. The van der Waals surface area contributed by atoms with E-state index >= 15 is 0 Å². The predicted molar refractivity (Wildman–Crippen MR) is 166 cm³/mol. The molecule has 1 N–H and O–H groups in total. The van der Waals surface area contributed by atoms with Gasteiger partial charge in [-0.15, -0.1) is 0 Å². The van der Waals surface area contributed by atoms with Gasteiger partial charge in [-0.2, -0.15) is 4.39 Å². The first-order valence-corrected chi connectivity index (χ1v) is 14.6. The summed E-state index contributed by atoms with van der Waals surface area (Å²) in [5.74, 6) is -0.498. The summed E-state index contributed by atoms with van der Waals surface area (Å²) < 4.78 is 22.8. The second kappa shape index (κ2) is 14.0. The molecule has 0 spiro atoms. The molecule has 0 atom stereocenters. The van der Waals surface area contributed by atoms with E-state index in [0.29, 0.717) is 56.2 Å². The molecule has 5 aromatic heterocycles. The number of nitrogens with one attached hydrogen (secondary N) is 1. The van der Waals surface area contributed by atoms with E-state index in [9.17, 15) is 23.6 Å². The fourth-order valence-electron chi connectivity index (χ4n) is 5.00. The molecule has 5 aromatic rings. The fourth-order valence-corrected chi connectivity index (χ4v) is 5.00. The van der Waals surface area contributed by atoms with Crippen LogP contribution in [0, 0.1) is 5.95 Å². The monoisotopic (exact) mass is 616 g/mol. The van der Waals surface area contributed by atoms with Crippen molar-refractivity contribution < 1.29 is 13.9 Å². The number of carbonyl (C=O) groups excluding carboxylic acids is 1. The third-order valence-corrected chi connectivity index (χ3v) is 7.24. The molecule has 0 fully saturated rings. The van der Waals surface area contributed by atoms with Crippen LogP contribution in [0.15, 0.2) is 75.4 Å². The molecule has 0 radical (unpaired) electrons. The van der Waals surface area contributed by atoms with E-state index in [1.807, 2.05) is 6.92 Å². The SMILES string of the molecule is CCCn1c(=O)n(CCCOC)c(=O)c2[nH]c(-c3ccc(N(CCCn4ccccc4=O)C(=O)c4ccc(F)nc4)nc3)nc21. The molecule has 0 unspecified atom stereocenters. The summed E-state index contributed by atoms with van der Waals surface area (Å²) in [5.41, 5.74) is 0.109.